The van der Waals surface area contributed by atoms with Gasteiger partial charge < -0.3 is 10.2 Å². The van der Waals surface area contributed by atoms with Crippen molar-refractivity contribution < 1.29 is 18.0 Å². The van der Waals surface area contributed by atoms with E-state index in [1.807, 2.05) is 31.2 Å². The van der Waals surface area contributed by atoms with E-state index in [9.17, 15) is 18.0 Å². The van der Waals surface area contributed by atoms with E-state index in [0.29, 0.717) is 28.6 Å². The van der Waals surface area contributed by atoms with Gasteiger partial charge in [-0.2, -0.15) is 4.31 Å². The molecule has 0 spiro atoms. The third-order valence-electron chi connectivity index (χ3n) is 6.11. The van der Waals surface area contributed by atoms with Crippen LogP contribution in [0.3, 0.4) is 0 Å². The van der Waals surface area contributed by atoms with Crippen LogP contribution in [0.25, 0.3) is 10.8 Å². The molecule has 0 bridgehead atoms. The molecule has 0 aliphatic carbocycles. The van der Waals surface area contributed by atoms with Crippen LogP contribution < -0.4 is 5.32 Å². The second kappa shape index (κ2) is 12.7. The molecule has 7 nitrogen and oxygen atoms in total. The summed E-state index contributed by atoms with van der Waals surface area (Å²) in [6.45, 7) is 3.68. The summed E-state index contributed by atoms with van der Waals surface area (Å²) in [5.41, 5.74) is 0.487. The van der Waals surface area contributed by atoms with Crippen molar-refractivity contribution in [3.8, 4) is 0 Å². The van der Waals surface area contributed by atoms with E-state index in [1.165, 1.54) is 18.0 Å². The van der Waals surface area contributed by atoms with Crippen molar-refractivity contribution in [2.24, 2.45) is 0 Å². The lowest BCUT2D eigenvalue weighted by Gasteiger charge is -2.32. The summed E-state index contributed by atoms with van der Waals surface area (Å²) in [5.74, 6) is -0.859. The van der Waals surface area contributed by atoms with Crippen LogP contribution in [-0.4, -0.2) is 55.6 Å². The zero-order valence-corrected chi connectivity index (χ0v) is 23.4. The molecule has 1 N–H and O–H groups in total. The van der Waals surface area contributed by atoms with Crippen LogP contribution in [0.4, 0.5) is 0 Å². The lowest BCUT2D eigenvalue weighted by Crippen LogP contribution is -2.51. The summed E-state index contributed by atoms with van der Waals surface area (Å²) in [6.07, 6.45) is 1.06. The maximum absolute atomic E-state index is 13.6. The SMILES string of the molecule is CCCNC(=O)[C@H](CC)N(Cc1c(Cl)cccc1Cl)C(=O)CN(C)S(=O)(=O)c1ccc2ccccc2c1. The minimum atomic E-state index is -3.98. The van der Waals surface area contributed by atoms with E-state index in [2.05, 4.69) is 5.32 Å². The van der Waals surface area contributed by atoms with Gasteiger partial charge in [-0.3, -0.25) is 9.59 Å². The fourth-order valence-corrected chi connectivity index (χ4v) is 5.69. The topological polar surface area (TPSA) is 86.8 Å². The van der Waals surface area contributed by atoms with E-state index in [0.717, 1.165) is 21.5 Å². The number of nitrogens with zero attached hydrogens (tertiary/aromatic N) is 2. The Morgan fingerprint density at radius 3 is 2.22 bits per heavy atom. The van der Waals surface area contributed by atoms with Crippen molar-refractivity contribution in [3.05, 3.63) is 76.3 Å². The maximum Gasteiger partial charge on any atom is 0.243 e. The molecule has 0 saturated carbocycles. The fraction of sp³-hybridized carbons (Fsp3) is 0.333. The molecule has 0 aliphatic rings. The van der Waals surface area contributed by atoms with Crippen LogP contribution in [0.5, 0.6) is 0 Å². The van der Waals surface area contributed by atoms with Gasteiger partial charge in [0.1, 0.15) is 6.04 Å². The zero-order valence-electron chi connectivity index (χ0n) is 21.1. The summed E-state index contributed by atoms with van der Waals surface area (Å²) >= 11 is 12.7. The summed E-state index contributed by atoms with van der Waals surface area (Å²) in [5, 5.41) is 5.22. The smallest absolute Gasteiger partial charge is 0.243 e. The molecule has 3 aromatic rings. The second-order valence-corrected chi connectivity index (χ2v) is 11.6. The number of amides is 2. The molecule has 0 saturated heterocycles. The number of hydrogen-bond acceptors (Lipinski definition) is 4. The highest BCUT2D eigenvalue weighted by Gasteiger charge is 2.32. The van der Waals surface area contributed by atoms with E-state index >= 15 is 0 Å². The molecular formula is C27H31Cl2N3O4S. The zero-order chi connectivity index (χ0) is 27.2. The Hall–Kier alpha value is -2.65. The van der Waals surface area contributed by atoms with Crippen LogP contribution in [-0.2, 0) is 26.2 Å². The van der Waals surface area contributed by atoms with Gasteiger partial charge in [0.2, 0.25) is 21.8 Å². The number of benzene rings is 3. The lowest BCUT2D eigenvalue weighted by molar-refractivity contribution is -0.141. The Morgan fingerprint density at radius 2 is 1.59 bits per heavy atom. The van der Waals surface area contributed by atoms with Gasteiger partial charge in [-0.15, -0.1) is 0 Å². The Kier molecular flexibility index (Phi) is 9.95. The molecule has 3 rings (SSSR count). The third kappa shape index (κ3) is 6.82. The second-order valence-electron chi connectivity index (χ2n) is 8.71. The molecule has 2 amide bonds. The number of carbonyl (C=O) groups excluding carboxylic acids is 2. The molecular weight excluding hydrogens is 533 g/mol. The molecule has 0 fully saturated rings. The first-order chi connectivity index (χ1) is 17.6. The number of halogens is 2. The maximum atomic E-state index is 13.6. The minimum absolute atomic E-state index is 0.0424. The highest BCUT2D eigenvalue weighted by atomic mass is 35.5. The first-order valence-electron chi connectivity index (χ1n) is 12.0. The number of rotatable bonds is 11. The molecule has 3 aromatic carbocycles. The quantitative estimate of drug-likeness (QED) is 0.351. The van der Waals surface area contributed by atoms with Gasteiger partial charge in [0.25, 0.3) is 0 Å². The number of nitrogens with one attached hydrogen (secondary N) is 1. The van der Waals surface area contributed by atoms with Crippen molar-refractivity contribution in [1.29, 1.82) is 0 Å². The first kappa shape index (κ1) is 28.9. The van der Waals surface area contributed by atoms with Crippen LogP contribution in [0.2, 0.25) is 10.0 Å². The van der Waals surface area contributed by atoms with E-state index < -0.39 is 28.5 Å². The molecule has 0 aromatic heterocycles. The Morgan fingerprint density at radius 1 is 0.946 bits per heavy atom. The van der Waals surface area contributed by atoms with Crippen LogP contribution in [0.15, 0.2) is 65.6 Å². The van der Waals surface area contributed by atoms with Gasteiger partial charge in [0.15, 0.2) is 0 Å². The van der Waals surface area contributed by atoms with Crippen molar-refractivity contribution in [2.45, 2.75) is 44.2 Å². The normalized spacial score (nSPS) is 12.5. The summed E-state index contributed by atoms with van der Waals surface area (Å²) < 4.78 is 27.7. The predicted octanol–water partition coefficient (Wildman–Crippen LogP) is 5.10. The number of fused-ring (bicyclic) bond motifs is 1. The van der Waals surface area contributed by atoms with Crippen LogP contribution in [0.1, 0.15) is 32.3 Å². The van der Waals surface area contributed by atoms with E-state index in [-0.39, 0.29) is 17.3 Å². The molecule has 0 unspecified atom stereocenters. The molecule has 10 heteroatoms. The Bertz CT molecular complexity index is 1360. The number of likely N-dealkylation sites (N-methyl/N-ethyl adjacent to an activating group) is 1. The number of carbonyl (C=O) groups is 2. The lowest BCUT2D eigenvalue weighted by atomic mass is 10.1. The number of hydrogen-bond donors (Lipinski definition) is 1. The summed E-state index contributed by atoms with van der Waals surface area (Å²) in [7, 11) is -2.63. The van der Waals surface area contributed by atoms with Gasteiger partial charge in [-0.25, -0.2) is 8.42 Å². The van der Waals surface area contributed by atoms with Crippen molar-refractivity contribution in [2.75, 3.05) is 20.1 Å². The average Bonchev–Trinajstić information content (AvgIpc) is 2.88. The number of sulfonamides is 1. The van der Waals surface area contributed by atoms with E-state index in [4.69, 9.17) is 23.2 Å². The standard InChI is InChI=1S/C27H31Cl2N3O4S/c1-4-15-30-27(34)25(5-2)32(17-22-23(28)11-8-12-24(22)29)26(33)18-31(3)37(35,36)21-14-13-19-9-6-7-10-20(19)16-21/h6-14,16,25H,4-5,15,17-18H2,1-3H3,(H,30,34)/t25-/m0/s1. The van der Waals surface area contributed by atoms with Crippen LogP contribution in [0, 0.1) is 0 Å². The Balaban J connectivity index is 1.91. The van der Waals surface area contributed by atoms with Crippen LogP contribution >= 0.6 is 23.2 Å². The largest absolute Gasteiger partial charge is 0.354 e. The summed E-state index contributed by atoms with van der Waals surface area (Å²) in [6, 6.07) is 16.4. The average molecular weight is 565 g/mol. The highest BCUT2D eigenvalue weighted by molar-refractivity contribution is 7.89. The highest BCUT2D eigenvalue weighted by Crippen LogP contribution is 2.27. The van der Waals surface area contributed by atoms with Crippen molar-refractivity contribution in [3.63, 3.8) is 0 Å². The molecule has 0 heterocycles. The minimum Gasteiger partial charge on any atom is -0.354 e. The molecule has 0 aliphatic heterocycles. The molecule has 1 atom stereocenters. The first-order valence-corrected chi connectivity index (χ1v) is 14.2. The molecule has 37 heavy (non-hydrogen) atoms. The monoisotopic (exact) mass is 563 g/mol. The van der Waals surface area contributed by atoms with Gasteiger partial charge in [-0.05, 0) is 47.9 Å². The van der Waals surface area contributed by atoms with Crippen molar-refractivity contribution >= 4 is 55.8 Å². The van der Waals surface area contributed by atoms with E-state index in [1.54, 1.807) is 37.3 Å². The molecule has 0 radical (unpaired) electrons. The van der Waals surface area contributed by atoms with Gasteiger partial charge in [0.05, 0.1) is 11.4 Å². The summed E-state index contributed by atoms with van der Waals surface area (Å²) in [4.78, 5) is 28.0. The van der Waals surface area contributed by atoms with Crippen molar-refractivity contribution in [1.82, 2.24) is 14.5 Å². The van der Waals surface area contributed by atoms with Gasteiger partial charge in [0, 0.05) is 35.7 Å². The third-order valence-corrected chi connectivity index (χ3v) is 8.62. The van der Waals surface area contributed by atoms with Gasteiger partial charge >= 0.3 is 0 Å². The Labute approximate surface area is 228 Å². The molecule has 198 valence electrons. The van der Waals surface area contributed by atoms with Gasteiger partial charge in [-0.1, -0.05) is 73.4 Å². The fourth-order valence-electron chi connectivity index (χ4n) is 4.01. The predicted molar refractivity (Wildman–Crippen MR) is 148 cm³/mol.